The molecule has 0 saturated heterocycles. The van der Waals surface area contributed by atoms with Gasteiger partial charge in [0.2, 0.25) is 0 Å². The maximum Gasteiger partial charge on any atom is 0.00510 e. The Morgan fingerprint density at radius 1 is 1.00 bits per heavy atom. The summed E-state index contributed by atoms with van der Waals surface area (Å²) in [6.45, 7) is 2.35. The summed E-state index contributed by atoms with van der Waals surface area (Å²) in [5.41, 5.74) is 6.84. The van der Waals surface area contributed by atoms with Gasteiger partial charge in [0.25, 0.3) is 0 Å². The van der Waals surface area contributed by atoms with Crippen LogP contribution in [-0.2, 0) is 6.42 Å². The van der Waals surface area contributed by atoms with Gasteiger partial charge in [0.05, 0.1) is 0 Å². The topological polar surface area (TPSA) is 0 Å². The first-order valence-corrected chi connectivity index (χ1v) is 7.18. The van der Waals surface area contributed by atoms with E-state index in [9.17, 15) is 0 Å². The van der Waals surface area contributed by atoms with Crippen LogP contribution in [0.1, 0.15) is 62.5 Å². The molecule has 0 nitrogen and oxygen atoms in total. The van der Waals surface area contributed by atoms with Gasteiger partial charge in [-0.25, -0.2) is 0 Å². The van der Waals surface area contributed by atoms with Gasteiger partial charge in [0.15, 0.2) is 0 Å². The average molecular weight is 226 g/mol. The molecule has 0 radical (unpaired) electrons. The van der Waals surface area contributed by atoms with E-state index in [2.05, 4.69) is 31.2 Å². The molecule has 1 atom stereocenters. The Labute approximate surface area is 105 Å². The number of rotatable bonds is 1. The van der Waals surface area contributed by atoms with Crippen LogP contribution >= 0.6 is 0 Å². The van der Waals surface area contributed by atoms with Gasteiger partial charge in [-0.05, 0) is 56.1 Å². The number of aryl methyl sites for hydroxylation is 1. The lowest BCUT2D eigenvalue weighted by atomic mass is 9.75. The standard InChI is InChI=1S/C17H22/c1-2-15-16-10-6-5-9-14(16)11-12-17(15)13-7-3-4-8-13/h5-6,9-10,15H,2-4,7-8,11-12H2,1H3. The van der Waals surface area contributed by atoms with Crippen molar-refractivity contribution < 1.29 is 0 Å². The molecule has 0 amide bonds. The highest BCUT2D eigenvalue weighted by molar-refractivity contribution is 5.42. The molecule has 1 aromatic carbocycles. The molecular formula is C17H22. The smallest absolute Gasteiger partial charge is 0.00510 e. The summed E-state index contributed by atoms with van der Waals surface area (Å²) in [7, 11) is 0. The molecule has 2 aliphatic carbocycles. The van der Waals surface area contributed by atoms with Crippen LogP contribution in [-0.4, -0.2) is 0 Å². The molecule has 0 N–H and O–H groups in total. The lowest BCUT2D eigenvalue weighted by molar-refractivity contribution is 0.653. The van der Waals surface area contributed by atoms with Crippen molar-refractivity contribution in [3.63, 3.8) is 0 Å². The van der Waals surface area contributed by atoms with E-state index < -0.39 is 0 Å². The highest BCUT2D eigenvalue weighted by atomic mass is 14.3. The van der Waals surface area contributed by atoms with Crippen LogP contribution in [0.25, 0.3) is 0 Å². The molecule has 0 heteroatoms. The van der Waals surface area contributed by atoms with Gasteiger partial charge in [-0.1, -0.05) is 42.3 Å². The largest absolute Gasteiger partial charge is 0.0704 e. The Morgan fingerprint density at radius 2 is 1.76 bits per heavy atom. The second-order valence-corrected chi connectivity index (χ2v) is 5.50. The van der Waals surface area contributed by atoms with E-state index in [1.807, 2.05) is 11.1 Å². The first-order valence-electron chi connectivity index (χ1n) is 7.18. The van der Waals surface area contributed by atoms with Gasteiger partial charge >= 0.3 is 0 Å². The first-order chi connectivity index (χ1) is 8.40. The summed E-state index contributed by atoms with van der Waals surface area (Å²) >= 11 is 0. The third-order valence-electron chi connectivity index (χ3n) is 4.58. The van der Waals surface area contributed by atoms with Crippen molar-refractivity contribution in [3.05, 3.63) is 46.5 Å². The van der Waals surface area contributed by atoms with Gasteiger partial charge < -0.3 is 0 Å². The fourth-order valence-corrected chi connectivity index (χ4v) is 3.75. The van der Waals surface area contributed by atoms with E-state index in [0.717, 1.165) is 5.92 Å². The van der Waals surface area contributed by atoms with Crippen LogP contribution in [0.2, 0.25) is 0 Å². The van der Waals surface area contributed by atoms with E-state index in [-0.39, 0.29) is 0 Å². The highest BCUT2D eigenvalue weighted by Gasteiger charge is 2.26. The summed E-state index contributed by atoms with van der Waals surface area (Å²) in [5.74, 6) is 0.730. The van der Waals surface area contributed by atoms with E-state index in [4.69, 9.17) is 0 Å². The van der Waals surface area contributed by atoms with E-state index in [0.29, 0.717) is 0 Å². The number of benzene rings is 1. The van der Waals surface area contributed by atoms with E-state index >= 15 is 0 Å². The van der Waals surface area contributed by atoms with Crippen LogP contribution < -0.4 is 0 Å². The van der Waals surface area contributed by atoms with Crippen molar-refractivity contribution in [2.24, 2.45) is 0 Å². The van der Waals surface area contributed by atoms with Crippen LogP contribution in [0, 0.1) is 0 Å². The number of hydrogen-bond donors (Lipinski definition) is 0. The zero-order valence-electron chi connectivity index (χ0n) is 10.8. The molecule has 0 heterocycles. The maximum atomic E-state index is 2.36. The zero-order valence-corrected chi connectivity index (χ0v) is 10.8. The fraction of sp³-hybridized carbons (Fsp3) is 0.529. The molecule has 17 heavy (non-hydrogen) atoms. The molecule has 3 rings (SSSR count). The Bertz CT molecular complexity index is 431. The molecule has 1 saturated carbocycles. The number of hydrogen-bond acceptors (Lipinski definition) is 0. The van der Waals surface area contributed by atoms with Gasteiger partial charge in [-0.15, -0.1) is 0 Å². The average Bonchev–Trinajstić information content (AvgIpc) is 2.91. The Morgan fingerprint density at radius 3 is 2.53 bits per heavy atom. The van der Waals surface area contributed by atoms with Gasteiger partial charge in [-0.3, -0.25) is 0 Å². The predicted molar refractivity (Wildman–Crippen MR) is 73.3 cm³/mol. The predicted octanol–water partition coefficient (Wildman–Crippen LogP) is 5.00. The zero-order chi connectivity index (χ0) is 11.7. The molecule has 1 aromatic rings. The van der Waals surface area contributed by atoms with Crippen LogP contribution in [0.15, 0.2) is 35.4 Å². The summed E-state index contributed by atoms with van der Waals surface area (Å²) in [6.07, 6.45) is 9.49. The Balaban J connectivity index is 2.03. The lowest BCUT2D eigenvalue weighted by Gasteiger charge is -2.29. The maximum absolute atomic E-state index is 2.36. The molecule has 0 spiro atoms. The monoisotopic (exact) mass is 226 g/mol. The van der Waals surface area contributed by atoms with Crippen molar-refractivity contribution in [1.82, 2.24) is 0 Å². The number of fused-ring (bicyclic) bond motifs is 1. The molecule has 0 aromatic heterocycles. The van der Waals surface area contributed by atoms with Crippen molar-refractivity contribution >= 4 is 0 Å². The molecule has 0 aliphatic heterocycles. The second kappa shape index (κ2) is 4.68. The number of allylic oxidation sites excluding steroid dienone is 2. The molecule has 1 fully saturated rings. The Hall–Kier alpha value is -1.04. The Kier molecular flexibility index (Phi) is 3.05. The minimum absolute atomic E-state index is 0.730. The van der Waals surface area contributed by atoms with Crippen molar-refractivity contribution in [2.75, 3.05) is 0 Å². The van der Waals surface area contributed by atoms with Crippen LogP contribution in [0.3, 0.4) is 0 Å². The van der Waals surface area contributed by atoms with Gasteiger partial charge in [-0.2, -0.15) is 0 Å². The second-order valence-electron chi connectivity index (χ2n) is 5.50. The molecule has 0 bridgehead atoms. The highest BCUT2D eigenvalue weighted by Crippen LogP contribution is 2.42. The van der Waals surface area contributed by atoms with Gasteiger partial charge in [0.1, 0.15) is 0 Å². The van der Waals surface area contributed by atoms with Crippen molar-refractivity contribution in [2.45, 2.75) is 57.8 Å². The summed E-state index contributed by atoms with van der Waals surface area (Å²) in [4.78, 5) is 0. The summed E-state index contributed by atoms with van der Waals surface area (Å²) < 4.78 is 0. The SMILES string of the molecule is CCC1C(=C2CCCC2)CCc2ccccc21. The van der Waals surface area contributed by atoms with E-state index in [1.54, 1.807) is 11.1 Å². The minimum Gasteiger partial charge on any atom is -0.0704 e. The lowest BCUT2D eigenvalue weighted by Crippen LogP contribution is -2.13. The van der Waals surface area contributed by atoms with Crippen molar-refractivity contribution in [1.29, 1.82) is 0 Å². The molecule has 2 aliphatic rings. The summed E-state index contributed by atoms with van der Waals surface area (Å²) in [5, 5.41) is 0. The van der Waals surface area contributed by atoms with Crippen LogP contribution in [0.4, 0.5) is 0 Å². The van der Waals surface area contributed by atoms with Gasteiger partial charge in [0, 0.05) is 5.92 Å². The molecule has 1 unspecified atom stereocenters. The normalized spacial score (nSPS) is 23.9. The molecule has 90 valence electrons. The fourth-order valence-electron chi connectivity index (χ4n) is 3.75. The minimum atomic E-state index is 0.730. The third-order valence-corrected chi connectivity index (χ3v) is 4.58. The molecular weight excluding hydrogens is 204 g/mol. The van der Waals surface area contributed by atoms with Crippen LogP contribution in [0.5, 0.6) is 0 Å². The third kappa shape index (κ3) is 1.94. The summed E-state index contributed by atoms with van der Waals surface area (Å²) in [6, 6.07) is 9.09. The van der Waals surface area contributed by atoms with E-state index in [1.165, 1.54) is 44.9 Å². The quantitative estimate of drug-likeness (QED) is 0.591. The first kappa shape index (κ1) is 11.1. The van der Waals surface area contributed by atoms with Crippen molar-refractivity contribution in [3.8, 4) is 0 Å².